The summed E-state index contributed by atoms with van der Waals surface area (Å²) in [7, 11) is -1.37. The topological polar surface area (TPSA) is 0 Å². The summed E-state index contributed by atoms with van der Waals surface area (Å²) in [6.45, 7) is 21.6. The van der Waals surface area contributed by atoms with E-state index in [1.165, 1.54) is 105 Å². The molecule has 25 heavy (non-hydrogen) atoms. The molecule has 0 aromatic rings. The predicted molar refractivity (Wildman–Crippen MR) is 121 cm³/mol. The Morgan fingerprint density at radius 1 is 0.560 bits per heavy atom. The highest BCUT2D eigenvalue weighted by atomic mass is 28.3. The van der Waals surface area contributed by atoms with E-state index >= 15 is 0 Å². The third-order valence-electron chi connectivity index (χ3n) is 5.09. The van der Waals surface area contributed by atoms with Crippen LogP contribution < -0.4 is 0 Å². The van der Waals surface area contributed by atoms with Crippen LogP contribution in [0, 0.1) is 0 Å². The second-order valence-electron chi connectivity index (χ2n) is 8.83. The number of rotatable bonds is 17. The Balaban J connectivity index is 4.22. The standard InChI is InChI=1S/C24H46Si/c1-8-9-10-11-12-13-14-15-16-17-18-25(19-22(2)3,20-23(4)5)21-24(6)7/h2,4,6,8-21H2,1,3,5,7H3. The zero-order chi connectivity index (χ0) is 19.1. The average molecular weight is 363 g/mol. The summed E-state index contributed by atoms with van der Waals surface area (Å²) >= 11 is 0. The molecule has 0 spiro atoms. The minimum absolute atomic E-state index is 1.25. The van der Waals surface area contributed by atoms with Gasteiger partial charge in [0.05, 0.1) is 8.07 Å². The second kappa shape index (κ2) is 14.6. The SMILES string of the molecule is C=C(C)C[Si](CCCCCCCCCCCC)(CC(=C)C)CC(=C)C. The van der Waals surface area contributed by atoms with Gasteiger partial charge in [-0.1, -0.05) is 93.9 Å². The average Bonchev–Trinajstić information content (AvgIpc) is 2.47. The summed E-state index contributed by atoms with van der Waals surface area (Å²) in [6, 6.07) is 5.19. The molecule has 0 aromatic carbocycles. The Labute approximate surface area is 160 Å². The first-order valence-electron chi connectivity index (χ1n) is 10.7. The van der Waals surface area contributed by atoms with Crippen LogP contribution in [0.15, 0.2) is 36.5 Å². The summed E-state index contributed by atoms with van der Waals surface area (Å²) in [6.07, 6.45) is 14.2. The highest BCUT2D eigenvalue weighted by Crippen LogP contribution is 2.35. The van der Waals surface area contributed by atoms with E-state index in [9.17, 15) is 0 Å². The molecule has 0 aliphatic carbocycles. The Kier molecular flexibility index (Phi) is 14.3. The fourth-order valence-corrected chi connectivity index (χ4v) is 10.1. The molecular formula is C24H46Si. The lowest BCUT2D eigenvalue weighted by molar-refractivity contribution is 0.561. The van der Waals surface area contributed by atoms with Gasteiger partial charge in [-0.25, -0.2) is 0 Å². The van der Waals surface area contributed by atoms with Gasteiger partial charge < -0.3 is 0 Å². The number of hydrogen-bond donors (Lipinski definition) is 0. The van der Waals surface area contributed by atoms with Crippen molar-refractivity contribution in [3.8, 4) is 0 Å². The molecule has 0 bridgehead atoms. The lowest BCUT2D eigenvalue weighted by atomic mass is 10.1. The minimum atomic E-state index is -1.37. The Hall–Kier alpha value is -0.563. The van der Waals surface area contributed by atoms with Crippen molar-refractivity contribution in [1.82, 2.24) is 0 Å². The molecule has 0 aliphatic rings. The zero-order valence-electron chi connectivity index (χ0n) is 18.0. The van der Waals surface area contributed by atoms with Crippen molar-refractivity contribution in [3.05, 3.63) is 36.5 Å². The first-order chi connectivity index (χ1) is 11.8. The summed E-state index contributed by atoms with van der Waals surface area (Å²) in [5, 5.41) is 0. The normalized spacial score (nSPS) is 11.5. The number of unbranched alkanes of at least 4 members (excludes halogenated alkanes) is 9. The van der Waals surface area contributed by atoms with E-state index < -0.39 is 8.07 Å². The third-order valence-corrected chi connectivity index (χ3v) is 10.6. The van der Waals surface area contributed by atoms with Crippen LogP contribution in [0.25, 0.3) is 0 Å². The van der Waals surface area contributed by atoms with Crippen molar-refractivity contribution in [2.45, 2.75) is 116 Å². The summed E-state index contributed by atoms with van der Waals surface area (Å²) in [4.78, 5) is 0. The van der Waals surface area contributed by atoms with Crippen LogP contribution in [-0.2, 0) is 0 Å². The van der Waals surface area contributed by atoms with Crippen molar-refractivity contribution < 1.29 is 0 Å². The van der Waals surface area contributed by atoms with Gasteiger partial charge in [-0.05, 0) is 38.9 Å². The molecule has 0 unspecified atom stereocenters. The van der Waals surface area contributed by atoms with Gasteiger partial charge in [0.25, 0.3) is 0 Å². The van der Waals surface area contributed by atoms with Gasteiger partial charge in [0, 0.05) is 0 Å². The molecular weight excluding hydrogens is 316 g/mol. The molecule has 0 heterocycles. The lowest BCUT2D eigenvalue weighted by Gasteiger charge is -2.33. The molecule has 0 saturated heterocycles. The van der Waals surface area contributed by atoms with Gasteiger partial charge in [-0.15, -0.1) is 19.7 Å². The summed E-state index contributed by atoms with van der Waals surface area (Å²) in [5.74, 6) is 0. The van der Waals surface area contributed by atoms with Crippen LogP contribution in [-0.4, -0.2) is 8.07 Å². The van der Waals surface area contributed by atoms with E-state index in [0.29, 0.717) is 0 Å². The monoisotopic (exact) mass is 362 g/mol. The van der Waals surface area contributed by atoms with Gasteiger partial charge in [0.1, 0.15) is 0 Å². The first-order valence-corrected chi connectivity index (χ1v) is 13.6. The van der Waals surface area contributed by atoms with Crippen molar-refractivity contribution in [2.24, 2.45) is 0 Å². The van der Waals surface area contributed by atoms with Crippen LogP contribution in [0.1, 0.15) is 91.9 Å². The van der Waals surface area contributed by atoms with Crippen molar-refractivity contribution in [3.63, 3.8) is 0 Å². The molecule has 0 saturated carbocycles. The highest BCUT2D eigenvalue weighted by molar-refractivity contribution is 6.81. The third kappa shape index (κ3) is 14.3. The van der Waals surface area contributed by atoms with E-state index in [-0.39, 0.29) is 0 Å². The quantitative estimate of drug-likeness (QED) is 0.137. The maximum atomic E-state index is 4.23. The van der Waals surface area contributed by atoms with Crippen molar-refractivity contribution >= 4 is 8.07 Å². The molecule has 1 heteroatoms. The minimum Gasteiger partial charge on any atom is -0.100 e. The van der Waals surface area contributed by atoms with Gasteiger partial charge in [0.15, 0.2) is 0 Å². The zero-order valence-corrected chi connectivity index (χ0v) is 19.0. The Morgan fingerprint density at radius 2 is 0.880 bits per heavy atom. The molecule has 0 N–H and O–H groups in total. The van der Waals surface area contributed by atoms with Crippen LogP contribution >= 0.6 is 0 Å². The van der Waals surface area contributed by atoms with Gasteiger partial charge in [-0.3, -0.25) is 0 Å². The molecule has 0 aromatic heterocycles. The van der Waals surface area contributed by atoms with Crippen molar-refractivity contribution in [2.75, 3.05) is 0 Å². The van der Waals surface area contributed by atoms with E-state index in [2.05, 4.69) is 47.4 Å². The van der Waals surface area contributed by atoms with Crippen molar-refractivity contribution in [1.29, 1.82) is 0 Å². The fourth-order valence-electron chi connectivity index (χ4n) is 4.36. The highest BCUT2D eigenvalue weighted by Gasteiger charge is 2.32. The second-order valence-corrected chi connectivity index (χ2v) is 13.4. The van der Waals surface area contributed by atoms with Crippen LogP contribution in [0.5, 0.6) is 0 Å². The Morgan fingerprint density at radius 3 is 1.20 bits per heavy atom. The molecule has 0 nitrogen and oxygen atoms in total. The van der Waals surface area contributed by atoms with E-state index in [1.54, 1.807) is 0 Å². The lowest BCUT2D eigenvalue weighted by Crippen LogP contribution is -2.34. The van der Waals surface area contributed by atoms with Crippen LogP contribution in [0.2, 0.25) is 24.2 Å². The molecule has 146 valence electrons. The predicted octanol–water partition coefficient (Wildman–Crippen LogP) is 9.08. The molecule has 0 rings (SSSR count). The van der Waals surface area contributed by atoms with Gasteiger partial charge in [-0.2, -0.15) is 0 Å². The summed E-state index contributed by atoms with van der Waals surface area (Å²) < 4.78 is 0. The largest absolute Gasteiger partial charge is 0.100 e. The maximum absolute atomic E-state index is 4.23. The molecule has 0 atom stereocenters. The maximum Gasteiger partial charge on any atom is 0.0656 e. The molecule has 0 fully saturated rings. The Bertz CT molecular complexity index is 350. The van der Waals surface area contributed by atoms with Crippen LogP contribution in [0.3, 0.4) is 0 Å². The number of allylic oxidation sites excluding steroid dienone is 3. The smallest absolute Gasteiger partial charge is 0.0656 e. The van der Waals surface area contributed by atoms with Gasteiger partial charge >= 0.3 is 0 Å². The molecule has 0 aliphatic heterocycles. The first kappa shape index (κ1) is 24.4. The molecule has 0 amide bonds. The van der Waals surface area contributed by atoms with E-state index in [1.807, 2.05) is 0 Å². The van der Waals surface area contributed by atoms with E-state index in [0.717, 1.165) is 0 Å². The fraction of sp³-hybridized carbons (Fsp3) is 0.750. The summed E-state index contributed by atoms with van der Waals surface area (Å²) in [5.41, 5.74) is 4.09. The van der Waals surface area contributed by atoms with E-state index in [4.69, 9.17) is 0 Å². The van der Waals surface area contributed by atoms with Crippen LogP contribution in [0.4, 0.5) is 0 Å². The number of hydrogen-bond acceptors (Lipinski definition) is 0. The molecule has 0 radical (unpaired) electrons. The van der Waals surface area contributed by atoms with Gasteiger partial charge in [0.2, 0.25) is 0 Å².